The van der Waals surface area contributed by atoms with Gasteiger partial charge in [0.05, 0.1) is 22.1 Å². The Balaban J connectivity index is 1.15. The molecule has 2 aromatic carbocycles. The van der Waals surface area contributed by atoms with Crippen LogP contribution in [0, 0.1) is 0 Å². The number of carbonyl (C=O) groups is 2. The molecule has 1 aliphatic rings. The molecule has 0 spiro atoms. The van der Waals surface area contributed by atoms with E-state index in [0.717, 1.165) is 21.9 Å². The molecule has 0 saturated carbocycles. The van der Waals surface area contributed by atoms with E-state index in [-0.39, 0.29) is 11.8 Å². The van der Waals surface area contributed by atoms with Crippen molar-refractivity contribution in [1.82, 2.24) is 29.7 Å². The third-order valence-electron chi connectivity index (χ3n) is 6.29. The van der Waals surface area contributed by atoms with Crippen LogP contribution in [0.1, 0.15) is 20.8 Å². The zero-order valence-electron chi connectivity index (χ0n) is 18.9. The predicted molar refractivity (Wildman–Crippen MR) is 133 cm³/mol. The van der Waals surface area contributed by atoms with Crippen molar-refractivity contribution in [2.75, 3.05) is 26.2 Å². The first-order valence-electron chi connectivity index (χ1n) is 11.5. The average Bonchev–Trinajstić information content (AvgIpc) is 3.37. The quantitative estimate of drug-likeness (QED) is 0.440. The summed E-state index contributed by atoms with van der Waals surface area (Å²) in [6, 6.07) is 22.7. The number of rotatable bonds is 3. The molecule has 6 rings (SSSR count). The van der Waals surface area contributed by atoms with Crippen molar-refractivity contribution in [3.63, 3.8) is 0 Å². The van der Waals surface area contributed by atoms with Crippen LogP contribution >= 0.6 is 0 Å². The van der Waals surface area contributed by atoms with E-state index < -0.39 is 0 Å². The lowest BCUT2D eigenvalue weighted by Crippen LogP contribution is -2.50. The number of nitrogens with zero attached hydrogens (tertiary/aromatic N) is 5. The van der Waals surface area contributed by atoms with Crippen LogP contribution in [0.4, 0.5) is 0 Å². The normalized spacial score (nSPS) is 13.9. The van der Waals surface area contributed by atoms with Crippen LogP contribution in [-0.2, 0) is 0 Å². The Kier molecular flexibility index (Phi) is 5.18. The number of carbonyl (C=O) groups excluding carboxylic acids is 2. The Morgan fingerprint density at radius 1 is 0.743 bits per heavy atom. The summed E-state index contributed by atoms with van der Waals surface area (Å²) < 4.78 is 0. The smallest absolute Gasteiger partial charge is 0.272 e. The molecule has 1 aliphatic heterocycles. The molecule has 1 N–H and O–H groups in total. The molecule has 0 unspecified atom stereocenters. The zero-order chi connectivity index (χ0) is 23.8. The lowest BCUT2D eigenvalue weighted by Gasteiger charge is -2.34. The maximum Gasteiger partial charge on any atom is 0.272 e. The van der Waals surface area contributed by atoms with Crippen LogP contribution in [0.15, 0.2) is 79.0 Å². The first-order chi connectivity index (χ1) is 17.2. The minimum atomic E-state index is -0.151. The third-order valence-corrected chi connectivity index (χ3v) is 6.29. The topological polar surface area (TPSA) is 95.1 Å². The highest BCUT2D eigenvalue weighted by Gasteiger charge is 2.26. The fourth-order valence-electron chi connectivity index (χ4n) is 4.41. The molecule has 0 bridgehead atoms. The van der Waals surface area contributed by atoms with Crippen molar-refractivity contribution >= 4 is 33.8 Å². The lowest BCUT2D eigenvalue weighted by atomic mass is 10.1. The second-order valence-electron chi connectivity index (χ2n) is 8.51. The molecule has 2 amide bonds. The molecule has 8 nitrogen and oxygen atoms in total. The standard InChI is InChI=1S/C27H22N6O2/c34-26(19-16-18-6-1-2-7-20(18)28-17-19)32-12-14-33(15-13-32)27(35)24-11-5-10-23(29-24)25-30-21-8-3-4-9-22(21)31-25/h1-11,16-17H,12-15H2,(H,30,31). The van der Waals surface area contributed by atoms with Gasteiger partial charge in [-0.2, -0.15) is 0 Å². The van der Waals surface area contributed by atoms with Crippen LogP contribution in [-0.4, -0.2) is 67.7 Å². The fourth-order valence-corrected chi connectivity index (χ4v) is 4.41. The van der Waals surface area contributed by atoms with Gasteiger partial charge in [-0.3, -0.25) is 14.6 Å². The number of H-pyrrole nitrogens is 1. The molecule has 172 valence electrons. The molecule has 0 atom stereocenters. The minimum Gasteiger partial charge on any atom is -0.337 e. The average molecular weight is 463 g/mol. The van der Waals surface area contributed by atoms with Gasteiger partial charge in [0, 0.05) is 37.8 Å². The Labute approximate surface area is 201 Å². The number of para-hydroxylation sites is 3. The van der Waals surface area contributed by atoms with Crippen LogP contribution in [0.3, 0.4) is 0 Å². The van der Waals surface area contributed by atoms with E-state index in [0.29, 0.717) is 49.0 Å². The maximum absolute atomic E-state index is 13.2. The SMILES string of the molecule is O=C(c1cnc2ccccc2c1)N1CCN(C(=O)c2cccc(-c3nc4ccccc4[nH]3)n2)CC1. The van der Waals surface area contributed by atoms with Crippen molar-refractivity contribution in [3.05, 3.63) is 90.3 Å². The second-order valence-corrected chi connectivity index (χ2v) is 8.51. The lowest BCUT2D eigenvalue weighted by molar-refractivity contribution is 0.0532. The van der Waals surface area contributed by atoms with Gasteiger partial charge in [0.2, 0.25) is 0 Å². The van der Waals surface area contributed by atoms with Gasteiger partial charge in [0.1, 0.15) is 11.4 Å². The third kappa shape index (κ3) is 3.99. The number of hydrogen-bond donors (Lipinski definition) is 1. The van der Waals surface area contributed by atoms with Gasteiger partial charge in [0.15, 0.2) is 5.82 Å². The number of piperazine rings is 1. The number of fused-ring (bicyclic) bond motifs is 2. The number of aromatic nitrogens is 4. The highest BCUT2D eigenvalue weighted by Crippen LogP contribution is 2.20. The molecule has 3 aromatic heterocycles. The second kappa shape index (κ2) is 8.64. The van der Waals surface area contributed by atoms with Crippen molar-refractivity contribution in [1.29, 1.82) is 0 Å². The first kappa shape index (κ1) is 21.0. The summed E-state index contributed by atoms with van der Waals surface area (Å²) in [6.45, 7) is 1.81. The molecule has 35 heavy (non-hydrogen) atoms. The van der Waals surface area contributed by atoms with E-state index in [9.17, 15) is 9.59 Å². The number of benzene rings is 2. The molecule has 1 saturated heterocycles. The van der Waals surface area contributed by atoms with Gasteiger partial charge >= 0.3 is 0 Å². The van der Waals surface area contributed by atoms with Crippen molar-refractivity contribution in [2.45, 2.75) is 0 Å². The van der Waals surface area contributed by atoms with Crippen molar-refractivity contribution in [3.8, 4) is 11.5 Å². The van der Waals surface area contributed by atoms with Gasteiger partial charge in [0.25, 0.3) is 11.8 Å². The van der Waals surface area contributed by atoms with Gasteiger partial charge in [-0.05, 0) is 36.4 Å². The number of amides is 2. The fraction of sp³-hybridized carbons (Fsp3) is 0.148. The summed E-state index contributed by atoms with van der Waals surface area (Å²) in [6.07, 6.45) is 1.62. The van der Waals surface area contributed by atoms with Crippen LogP contribution < -0.4 is 0 Å². The Morgan fingerprint density at radius 2 is 1.46 bits per heavy atom. The summed E-state index contributed by atoms with van der Waals surface area (Å²) in [4.78, 5) is 46.5. The van der Waals surface area contributed by atoms with Gasteiger partial charge in [-0.1, -0.05) is 36.4 Å². The molecular formula is C27H22N6O2. The highest BCUT2D eigenvalue weighted by atomic mass is 16.2. The zero-order valence-corrected chi connectivity index (χ0v) is 18.9. The Bertz CT molecular complexity index is 1540. The van der Waals surface area contributed by atoms with E-state index in [1.165, 1.54) is 0 Å². The van der Waals surface area contributed by atoms with E-state index >= 15 is 0 Å². The van der Waals surface area contributed by atoms with Gasteiger partial charge < -0.3 is 14.8 Å². The predicted octanol–water partition coefficient (Wildman–Crippen LogP) is 3.77. The van der Waals surface area contributed by atoms with Gasteiger partial charge in [-0.25, -0.2) is 9.97 Å². The number of hydrogen-bond acceptors (Lipinski definition) is 5. The van der Waals surface area contributed by atoms with Crippen LogP contribution in [0.5, 0.6) is 0 Å². The Morgan fingerprint density at radius 3 is 2.26 bits per heavy atom. The molecule has 0 aliphatic carbocycles. The Hall–Kier alpha value is -4.59. The van der Waals surface area contributed by atoms with E-state index in [2.05, 4.69) is 19.9 Å². The minimum absolute atomic E-state index is 0.0691. The van der Waals surface area contributed by atoms with Crippen LogP contribution in [0.2, 0.25) is 0 Å². The summed E-state index contributed by atoms with van der Waals surface area (Å²) >= 11 is 0. The summed E-state index contributed by atoms with van der Waals surface area (Å²) in [5, 5.41) is 0.933. The number of aromatic amines is 1. The summed E-state index contributed by atoms with van der Waals surface area (Å²) in [5.41, 5.74) is 4.17. The van der Waals surface area contributed by atoms with Crippen molar-refractivity contribution < 1.29 is 9.59 Å². The van der Waals surface area contributed by atoms with Crippen LogP contribution in [0.25, 0.3) is 33.5 Å². The van der Waals surface area contributed by atoms with E-state index in [1.807, 2.05) is 66.7 Å². The highest BCUT2D eigenvalue weighted by molar-refractivity contribution is 5.98. The van der Waals surface area contributed by atoms with Crippen molar-refractivity contribution in [2.24, 2.45) is 0 Å². The number of imidazole rings is 1. The maximum atomic E-state index is 13.2. The molecule has 1 fully saturated rings. The first-order valence-corrected chi connectivity index (χ1v) is 11.5. The molecule has 8 heteroatoms. The molecule has 5 aromatic rings. The molecular weight excluding hydrogens is 440 g/mol. The largest absolute Gasteiger partial charge is 0.337 e. The molecule has 4 heterocycles. The summed E-state index contributed by atoms with van der Waals surface area (Å²) in [5.74, 6) is 0.406. The van der Waals surface area contributed by atoms with Gasteiger partial charge in [-0.15, -0.1) is 0 Å². The summed E-state index contributed by atoms with van der Waals surface area (Å²) in [7, 11) is 0. The van der Waals surface area contributed by atoms with E-state index in [4.69, 9.17) is 0 Å². The number of pyridine rings is 2. The number of nitrogens with one attached hydrogen (secondary N) is 1. The monoisotopic (exact) mass is 462 g/mol. The van der Waals surface area contributed by atoms with E-state index in [1.54, 1.807) is 22.1 Å². The molecule has 0 radical (unpaired) electrons.